The number of aromatic nitrogens is 1. The third-order valence-electron chi connectivity index (χ3n) is 3.87. The zero-order chi connectivity index (χ0) is 20.1. The van der Waals surface area contributed by atoms with Gasteiger partial charge in [0.15, 0.2) is 0 Å². The highest BCUT2D eigenvalue weighted by Crippen LogP contribution is 2.26. The SMILES string of the molecule is CCOC(=O)c1ccc(F)c(-c2ccc(S(=O)(=O)Nc3cccnc3)cc2)c1. The number of nitrogens with one attached hydrogen (secondary N) is 1. The van der Waals surface area contributed by atoms with E-state index in [1.807, 2.05) is 0 Å². The van der Waals surface area contributed by atoms with Crippen LogP contribution in [0.3, 0.4) is 0 Å². The second-order valence-corrected chi connectivity index (χ2v) is 7.47. The summed E-state index contributed by atoms with van der Waals surface area (Å²) in [6.07, 6.45) is 2.92. The molecule has 28 heavy (non-hydrogen) atoms. The molecule has 0 fully saturated rings. The van der Waals surface area contributed by atoms with E-state index in [-0.39, 0.29) is 22.6 Å². The van der Waals surface area contributed by atoms with Crippen LogP contribution in [0.1, 0.15) is 17.3 Å². The van der Waals surface area contributed by atoms with E-state index in [9.17, 15) is 17.6 Å². The zero-order valence-corrected chi connectivity index (χ0v) is 15.7. The van der Waals surface area contributed by atoms with Gasteiger partial charge in [-0.05, 0) is 55.0 Å². The molecule has 144 valence electrons. The van der Waals surface area contributed by atoms with Crippen molar-refractivity contribution in [2.75, 3.05) is 11.3 Å². The molecular weight excluding hydrogens is 383 g/mol. The first-order chi connectivity index (χ1) is 13.4. The van der Waals surface area contributed by atoms with Crippen molar-refractivity contribution >= 4 is 21.7 Å². The lowest BCUT2D eigenvalue weighted by Crippen LogP contribution is -2.12. The number of anilines is 1. The van der Waals surface area contributed by atoms with Crippen molar-refractivity contribution in [3.8, 4) is 11.1 Å². The number of nitrogens with zero attached hydrogens (tertiary/aromatic N) is 1. The van der Waals surface area contributed by atoms with Crippen LogP contribution < -0.4 is 4.72 Å². The van der Waals surface area contributed by atoms with Gasteiger partial charge in [-0.1, -0.05) is 12.1 Å². The van der Waals surface area contributed by atoms with Crippen molar-refractivity contribution < 1.29 is 22.3 Å². The maximum absolute atomic E-state index is 14.2. The third kappa shape index (κ3) is 4.34. The number of hydrogen-bond acceptors (Lipinski definition) is 5. The van der Waals surface area contributed by atoms with Crippen LogP contribution in [0.2, 0.25) is 0 Å². The van der Waals surface area contributed by atoms with E-state index in [1.54, 1.807) is 19.1 Å². The summed E-state index contributed by atoms with van der Waals surface area (Å²) in [6.45, 7) is 1.89. The summed E-state index contributed by atoms with van der Waals surface area (Å²) in [5, 5.41) is 0. The van der Waals surface area contributed by atoms with E-state index in [1.165, 1.54) is 54.9 Å². The van der Waals surface area contributed by atoms with E-state index >= 15 is 0 Å². The lowest BCUT2D eigenvalue weighted by molar-refractivity contribution is 0.0526. The van der Waals surface area contributed by atoms with Crippen LogP contribution in [0.15, 0.2) is 71.9 Å². The largest absolute Gasteiger partial charge is 0.462 e. The van der Waals surface area contributed by atoms with Gasteiger partial charge in [-0.2, -0.15) is 0 Å². The smallest absolute Gasteiger partial charge is 0.338 e. The lowest BCUT2D eigenvalue weighted by atomic mass is 10.0. The predicted octanol–water partition coefficient (Wildman–Crippen LogP) is 3.87. The van der Waals surface area contributed by atoms with Crippen LogP contribution in [0.25, 0.3) is 11.1 Å². The Labute approximate surface area is 162 Å². The Kier molecular flexibility index (Phi) is 5.70. The number of sulfonamides is 1. The van der Waals surface area contributed by atoms with Crippen molar-refractivity contribution in [2.45, 2.75) is 11.8 Å². The summed E-state index contributed by atoms with van der Waals surface area (Å²) in [6, 6.07) is 12.8. The van der Waals surface area contributed by atoms with Gasteiger partial charge < -0.3 is 4.74 Å². The van der Waals surface area contributed by atoms with Gasteiger partial charge in [0, 0.05) is 11.8 Å². The number of esters is 1. The molecule has 8 heteroatoms. The third-order valence-corrected chi connectivity index (χ3v) is 5.26. The highest BCUT2D eigenvalue weighted by Gasteiger charge is 2.16. The fourth-order valence-corrected chi connectivity index (χ4v) is 3.58. The molecule has 0 radical (unpaired) electrons. The van der Waals surface area contributed by atoms with Gasteiger partial charge >= 0.3 is 5.97 Å². The quantitative estimate of drug-likeness (QED) is 0.635. The van der Waals surface area contributed by atoms with Gasteiger partial charge in [-0.25, -0.2) is 17.6 Å². The zero-order valence-electron chi connectivity index (χ0n) is 14.9. The fourth-order valence-electron chi connectivity index (χ4n) is 2.54. The highest BCUT2D eigenvalue weighted by atomic mass is 32.2. The summed E-state index contributed by atoms with van der Waals surface area (Å²) in [5.41, 5.74) is 1.16. The van der Waals surface area contributed by atoms with Crippen molar-refractivity contribution in [2.24, 2.45) is 0 Å². The molecule has 0 bridgehead atoms. The summed E-state index contributed by atoms with van der Waals surface area (Å²) in [4.78, 5) is 15.7. The minimum absolute atomic E-state index is 0.0158. The Morgan fingerprint density at radius 2 is 1.89 bits per heavy atom. The molecule has 1 aromatic heterocycles. The lowest BCUT2D eigenvalue weighted by Gasteiger charge is -2.10. The number of benzene rings is 2. The summed E-state index contributed by atoms with van der Waals surface area (Å²) in [7, 11) is -3.81. The summed E-state index contributed by atoms with van der Waals surface area (Å²) >= 11 is 0. The molecule has 0 atom stereocenters. The summed E-state index contributed by atoms with van der Waals surface area (Å²) in [5.74, 6) is -1.08. The van der Waals surface area contributed by atoms with Gasteiger partial charge in [0.2, 0.25) is 0 Å². The van der Waals surface area contributed by atoms with E-state index in [2.05, 4.69) is 9.71 Å². The molecule has 2 aromatic carbocycles. The molecule has 0 aliphatic heterocycles. The van der Waals surface area contributed by atoms with Crippen LogP contribution in [0.4, 0.5) is 10.1 Å². The Balaban J connectivity index is 1.88. The molecule has 1 N–H and O–H groups in total. The number of rotatable bonds is 6. The molecule has 0 amide bonds. The fraction of sp³-hybridized carbons (Fsp3) is 0.100. The molecular formula is C20H17FN2O4S. The second-order valence-electron chi connectivity index (χ2n) is 5.79. The van der Waals surface area contributed by atoms with Crippen LogP contribution in [-0.2, 0) is 14.8 Å². The maximum Gasteiger partial charge on any atom is 0.338 e. The van der Waals surface area contributed by atoms with Crippen molar-refractivity contribution in [3.05, 3.63) is 78.4 Å². The summed E-state index contributed by atoms with van der Waals surface area (Å²) < 4.78 is 46.5. The monoisotopic (exact) mass is 400 g/mol. The number of hydrogen-bond donors (Lipinski definition) is 1. The van der Waals surface area contributed by atoms with Gasteiger partial charge in [-0.15, -0.1) is 0 Å². The number of carbonyl (C=O) groups is 1. The standard InChI is InChI=1S/C20H17FN2O4S/c1-2-27-20(24)15-7-10-19(21)18(12-15)14-5-8-17(9-6-14)28(25,26)23-16-4-3-11-22-13-16/h3-13,23H,2H2,1H3. The normalized spacial score (nSPS) is 11.1. The van der Waals surface area contributed by atoms with Gasteiger partial charge in [0.05, 0.1) is 29.0 Å². The van der Waals surface area contributed by atoms with E-state index in [0.29, 0.717) is 11.3 Å². The van der Waals surface area contributed by atoms with Crippen molar-refractivity contribution in [1.29, 1.82) is 0 Å². The predicted molar refractivity (Wildman–Crippen MR) is 103 cm³/mol. The molecule has 6 nitrogen and oxygen atoms in total. The van der Waals surface area contributed by atoms with Gasteiger partial charge in [0.25, 0.3) is 10.0 Å². The highest BCUT2D eigenvalue weighted by molar-refractivity contribution is 7.92. The van der Waals surface area contributed by atoms with Gasteiger partial charge in [0.1, 0.15) is 5.82 Å². The Bertz CT molecular complexity index is 1080. The Morgan fingerprint density at radius 1 is 1.14 bits per heavy atom. The molecule has 3 rings (SSSR count). The van der Waals surface area contributed by atoms with Crippen LogP contribution in [0.5, 0.6) is 0 Å². The first kappa shape index (κ1) is 19.5. The molecule has 0 saturated carbocycles. The second kappa shape index (κ2) is 8.18. The first-order valence-corrected chi connectivity index (χ1v) is 9.89. The number of halogens is 1. The topological polar surface area (TPSA) is 85.4 Å². The number of ether oxygens (including phenoxy) is 1. The minimum Gasteiger partial charge on any atom is -0.462 e. The number of carbonyl (C=O) groups excluding carboxylic acids is 1. The molecule has 0 spiro atoms. The number of pyridine rings is 1. The average molecular weight is 400 g/mol. The molecule has 3 aromatic rings. The van der Waals surface area contributed by atoms with E-state index in [4.69, 9.17) is 4.74 Å². The Hall–Kier alpha value is -3.26. The van der Waals surface area contributed by atoms with Crippen molar-refractivity contribution in [3.63, 3.8) is 0 Å². The molecule has 0 saturated heterocycles. The maximum atomic E-state index is 14.2. The van der Waals surface area contributed by atoms with E-state index in [0.717, 1.165) is 0 Å². The Morgan fingerprint density at radius 3 is 2.54 bits per heavy atom. The van der Waals surface area contributed by atoms with E-state index < -0.39 is 21.8 Å². The average Bonchev–Trinajstić information content (AvgIpc) is 2.69. The molecule has 0 aliphatic rings. The van der Waals surface area contributed by atoms with Crippen LogP contribution in [0, 0.1) is 5.82 Å². The molecule has 1 heterocycles. The van der Waals surface area contributed by atoms with Crippen LogP contribution >= 0.6 is 0 Å². The van der Waals surface area contributed by atoms with Gasteiger partial charge in [-0.3, -0.25) is 9.71 Å². The minimum atomic E-state index is -3.81. The first-order valence-electron chi connectivity index (χ1n) is 8.40. The molecule has 0 unspecified atom stereocenters. The van der Waals surface area contributed by atoms with Crippen LogP contribution in [-0.4, -0.2) is 26.0 Å². The van der Waals surface area contributed by atoms with Crippen molar-refractivity contribution in [1.82, 2.24) is 4.98 Å². The molecule has 0 aliphatic carbocycles.